The minimum atomic E-state index is -1.08. The maximum absolute atomic E-state index is 11.3. The number of aromatic carboxylic acids is 3. The van der Waals surface area contributed by atoms with E-state index >= 15 is 0 Å². The molecule has 0 bridgehead atoms. The summed E-state index contributed by atoms with van der Waals surface area (Å²) in [5.41, 5.74) is 11.4. The van der Waals surface area contributed by atoms with Gasteiger partial charge in [-0.3, -0.25) is 0 Å². The van der Waals surface area contributed by atoms with Gasteiger partial charge < -0.3 is 21.1 Å². The van der Waals surface area contributed by atoms with Crippen molar-refractivity contribution in [3.05, 3.63) is 102 Å². The first-order valence-electron chi connectivity index (χ1n) is 10.2. The molecule has 34 heavy (non-hydrogen) atoms. The fourth-order valence-electron chi connectivity index (χ4n) is 3.69. The third-order valence-corrected chi connectivity index (χ3v) is 5.47. The lowest BCUT2D eigenvalue weighted by atomic mass is 9.92. The fourth-order valence-corrected chi connectivity index (χ4v) is 3.69. The lowest BCUT2D eigenvalue weighted by Crippen LogP contribution is -1.99. The van der Waals surface area contributed by atoms with Crippen LogP contribution in [0.1, 0.15) is 31.1 Å². The molecule has 0 amide bonds. The molecule has 168 valence electrons. The van der Waals surface area contributed by atoms with Gasteiger partial charge in [0.1, 0.15) is 0 Å². The average Bonchev–Trinajstić information content (AvgIpc) is 2.83. The van der Waals surface area contributed by atoms with E-state index in [1.165, 1.54) is 36.4 Å². The molecule has 7 nitrogen and oxygen atoms in total. The van der Waals surface area contributed by atoms with E-state index in [-0.39, 0.29) is 16.7 Å². The average molecular weight is 453 g/mol. The van der Waals surface area contributed by atoms with Crippen molar-refractivity contribution in [2.75, 3.05) is 5.73 Å². The van der Waals surface area contributed by atoms with Crippen molar-refractivity contribution >= 4 is 23.6 Å². The predicted octanol–water partition coefficient (Wildman–Crippen LogP) is 5.36. The zero-order valence-corrected chi connectivity index (χ0v) is 17.7. The zero-order chi connectivity index (χ0) is 24.4. The van der Waals surface area contributed by atoms with Gasteiger partial charge in [0.25, 0.3) is 0 Å². The highest BCUT2D eigenvalue weighted by Crippen LogP contribution is 2.35. The molecule has 0 unspecified atom stereocenters. The van der Waals surface area contributed by atoms with Gasteiger partial charge in [-0.2, -0.15) is 0 Å². The van der Waals surface area contributed by atoms with Crippen molar-refractivity contribution in [3.63, 3.8) is 0 Å². The van der Waals surface area contributed by atoms with E-state index in [1.807, 2.05) is 18.2 Å². The third kappa shape index (κ3) is 4.49. The SMILES string of the molecule is Nc1cc(C(=O)O)ccc1-c1cc(-c2ccc(C(=O)O)cc2)cc(-c2ccc(C(=O)O)cc2)c1. The van der Waals surface area contributed by atoms with Crippen molar-refractivity contribution in [3.8, 4) is 33.4 Å². The van der Waals surface area contributed by atoms with E-state index in [9.17, 15) is 29.7 Å². The summed E-state index contributed by atoms with van der Waals surface area (Å²) in [5.74, 6) is -3.12. The van der Waals surface area contributed by atoms with Gasteiger partial charge in [0, 0.05) is 11.3 Å². The van der Waals surface area contributed by atoms with Gasteiger partial charge in [-0.05, 0) is 82.4 Å². The molecule has 4 aromatic rings. The number of hydrogen-bond acceptors (Lipinski definition) is 4. The van der Waals surface area contributed by atoms with Crippen molar-refractivity contribution in [2.45, 2.75) is 0 Å². The van der Waals surface area contributed by atoms with E-state index in [1.54, 1.807) is 30.3 Å². The molecule has 4 rings (SSSR count). The lowest BCUT2D eigenvalue weighted by Gasteiger charge is -2.13. The largest absolute Gasteiger partial charge is 0.478 e. The number of carboxylic acid groups (broad SMARTS) is 3. The Morgan fingerprint density at radius 3 is 1.24 bits per heavy atom. The predicted molar refractivity (Wildman–Crippen MR) is 128 cm³/mol. The maximum Gasteiger partial charge on any atom is 0.335 e. The summed E-state index contributed by atoms with van der Waals surface area (Å²) in [6.45, 7) is 0. The minimum Gasteiger partial charge on any atom is -0.478 e. The molecule has 7 heteroatoms. The highest BCUT2D eigenvalue weighted by atomic mass is 16.4. The highest BCUT2D eigenvalue weighted by molar-refractivity contribution is 5.93. The smallest absolute Gasteiger partial charge is 0.335 e. The summed E-state index contributed by atoms with van der Waals surface area (Å²) < 4.78 is 0. The van der Waals surface area contributed by atoms with Gasteiger partial charge in [0.2, 0.25) is 0 Å². The molecule has 0 aliphatic carbocycles. The second-order valence-corrected chi connectivity index (χ2v) is 7.67. The van der Waals surface area contributed by atoms with Crippen LogP contribution in [0.4, 0.5) is 5.69 Å². The number of carbonyl (C=O) groups is 3. The monoisotopic (exact) mass is 453 g/mol. The van der Waals surface area contributed by atoms with E-state index in [0.29, 0.717) is 11.3 Å². The fraction of sp³-hybridized carbons (Fsp3) is 0. The van der Waals surface area contributed by atoms with E-state index in [4.69, 9.17) is 5.73 Å². The molecule has 0 spiro atoms. The van der Waals surface area contributed by atoms with E-state index in [2.05, 4.69) is 0 Å². The Morgan fingerprint density at radius 2 is 0.853 bits per heavy atom. The summed E-state index contributed by atoms with van der Waals surface area (Å²) in [6, 6.07) is 23.1. The van der Waals surface area contributed by atoms with Crippen molar-refractivity contribution in [1.29, 1.82) is 0 Å². The number of carboxylic acids is 3. The first kappa shape index (κ1) is 22.3. The number of nitrogen functional groups attached to an aromatic ring is 1. The van der Waals surface area contributed by atoms with Crippen LogP contribution in [0.2, 0.25) is 0 Å². The molecule has 0 radical (unpaired) electrons. The van der Waals surface area contributed by atoms with E-state index < -0.39 is 17.9 Å². The Kier molecular flexibility index (Phi) is 5.84. The Bertz CT molecular complexity index is 1350. The van der Waals surface area contributed by atoms with Gasteiger partial charge >= 0.3 is 17.9 Å². The van der Waals surface area contributed by atoms with Crippen LogP contribution < -0.4 is 5.73 Å². The molecule has 5 N–H and O–H groups in total. The molecule has 0 aliphatic heterocycles. The van der Waals surface area contributed by atoms with Crippen LogP contribution in [0.25, 0.3) is 33.4 Å². The third-order valence-electron chi connectivity index (χ3n) is 5.47. The number of hydrogen-bond donors (Lipinski definition) is 4. The first-order chi connectivity index (χ1) is 16.2. The second kappa shape index (κ2) is 8.91. The Morgan fingerprint density at radius 1 is 0.471 bits per heavy atom. The topological polar surface area (TPSA) is 138 Å². The van der Waals surface area contributed by atoms with Crippen molar-refractivity contribution in [1.82, 2.24) is 0 Å². The van der Waals surface area contributed by atoms with Crippen LogP contribution >= 0.6 is 0 Å². The normalized spacial score (nSPS) is 10.6. The van der Waals surface area contributed by atoms with Crippen LogP contribution in [-0.2, 0) is 0 Å². The van der Waals surface area contributed by atoms with Crippen molar-refractivity contribution in [2.24, 2.45) is 0 Å². The van der Waals surface area contributed by atoms with E-state index in [0.717, 1.165) is 27.8 Å². The molecule has 0 heterocycles. The summed E-state index contributed by atoms with van der Waals surface area (Å²) >= 11 is 0. The summed E-state index contributed by atoms with van der Waals surface area (Å²) in [7, 11) is 0. The van der Waals surface area contributed by atoms with Crippen LogP contribution in [0.5, 0.6) is 0 Å². The highest BCUT2D eigenvalue weighted by Gasteiger charge is 2.13. The van der Waals surface area contributed by atoms with Gasteiger partial charge in [-0.1, -0.05) is 30.3 Å². The Labute approximate surface area is 194 Å². The Balaban J connectivity index is 1.88. The van der Waals surface area contributed by atoms with Crippen LogP contribution in [0, 0.1) is 0 Å². The quantitative estimate of drug-likeness (QED) is 0.288. The maximum atomic E-state index is 11.3. The molecule has 0 aromatic heterocycles. The van der Waals surface area contributed by atoms with Crippen LogP contribution in [0.15, 0.2) is 84.9 Å². The molecule has 0 saturated heterocycles. The molecular formula is C27H19NO6. The molecule has 4 aromatic carbocycles. The van der Waals surface area contributed by atoms with Gasteiger partial charge in [-0.25, -0.2) is 14.4 Å². The second-order valence-electron chi connectivity index (χ2n) is 7.67. The zero-order valence-electron chi connectivity index (χ0n) is 17.7. The number of rotatable bonds is 6. The lowest BCUT2D eigenvalue weighted by molar-refractivity contribution is 0.0686. The van der Waals surface area contributed by atoms with Crippen LogP contribution in [0.3, 0.4) is 0 Å². The number of anilines is 1. The molecule has 0 fully saturated rings. The molecule has 0 saturated carbocycles. The van der Waals surface area contributed by atoms with Crippen LogP contribution in [-0.4, -0.2) is 33.2 Å². The first-order valence-corrected chi connectivity index (χ1v) is 10.2. The number of nitrogens with two attached hydrogens (primary N) is 1. The van der Waals surface area contributed by atoms with Gasteiger partial charge in [-0.15, -0.1) is 0 Å². The molecule has 0 aliphatic rings. The summed E-state index contributed by atoms with van der Waals surface area (Å²) in [6.07, 6.45) is 0. The standard InChI is InChI=1S/C27H19NO6/c28-24-14-19(27(33)34)9-10-23(24)22-12-20(15-1-5-17(6-2-15)25(29)30)11-21(13-22)16-3-7-18(8-4-16)26(31)32/h1-14H,28H2,(H,29,30)(H,31,32)(H,33,34). The summed E-state index contributed by atoms with van der Waals surface area (Å²) in [4.78, 5) is 33.7. The summed E-state index contributed by atoms with van der Waals surface area (Å²) in [5, 5.41) is 27.6. The Hall–Kier alpha value is -4.91. The molecular weight excluding hydrogens is 434 g/mol. The van der Waals surface area contributed by atoms with Gasteiger partial charge in [0.15, 0.2) is 0 Å². The van der Waals surface area contributed by atoms with Crippen molar-refractivity contribution < 1.29 is 29.7 Å². The minimum absolute atomic E-state index is 0.0751. The van der Waals surface area contributed by atoms with Gasteiger partial charge in [0.05, 0.1) is 16.7 Å². The number of benzene rings is 4. The molecule has 0 atom stereocenters.